The van der Waals surface area contributed by atoms with Gasteiger partial charge < -0.3 is 14.2 Å². The molecule has 0 amide bonds. The van der Waals surface area contributed by atoms with E-state index in [4.69, 9.17) is 14.2 Å². The molecule has 6 heteroatoms. The molecular formula is C52H92O6. The lowest BCUT2D eigenvalue weighted by Gasteiger charge is -2.18. The zero-order chi connectivity index (χ0) is 42.3. The monoisotopic (exact) mass is 813 g/mol. The van der Waals surface area contributed by atoms with Crippen LogP contribution in [0.2, 0.25) is 0 Å². The first-order valence-electron chi connectivity index (χ1n) is 24.6. The Labute approximate surface area is 358 Å². The predicted octanol–water partition coefficient (Wildman–Crippen LogP) is 15.9. The smallest absolute Gasteiger partial charge is 0.306 e. The molecule has 0 radical (unpaired) electrons. The Balaban J connectivity index is 4.40. The van der Waals surface area contributed by atoms with Crippen molar-refractivity contribution in [3.8, 4) is 0 Å². The zero-order valence-electron chi connectivity index (χ0n) is 38.3. The third-order valence-electron chi connectivity index (χ3n) is 10.5. The Bertz CT molecular complexity index is 1030. The maximum atomic E-state index is 12.7. The predicted molar refractivity (Wildman–Crippen MR) is 247 cm³/mol. The molecular weight excluding hydrogens is 721 g/mol. The first-order valence-corrected chi connectivity index (χ1v) is 24.6. The highest BCUT2D eigenvalue weighted by Crippen LogP contribution is 2.13. The van der Waals surface area contributed by atoms with Gasteiger partial charge in [0.25, 0.3) is 0 Å². The van der Waals surface area contributed by atoms with Crippen LogP contribution in [0, 0.1) is 0 Å². The van der Waals surface area contributed by atoms with E-state index < -0.39 is 6.10 Å². The van der Waals surface area contributed by atoms with Gasteiger partial charge in [-0.05, 0) is 96.3 Å². The van der Waals surface area contributed by atoms with Crippen LogP contribution in [0.1, 0.15) is 245 Å². The minimum atomic E-state index is -0.783. The molecule has 0 rings (SSSR count). The fraction of sp³-hybridized carbons (Fsp3) is 0.788. The summed E-state index contributed by atoms with van der Waals surface area (Å²) in [6.45, 7) is 6.54. The van der Waals surface area contributed by atoms with Crippen LogP contribution in [0.4, 0.5) is 0 Å². The minimum absolute atomic E-state index is 0.0852. The maximum Gasteiger partial charge on any atom is 0.306 e. The Morgan fingerprint density at radius 1 is 0.345 bits per heavy atom. The zero-order valence-corrected chi connectivity index (χ0v) is 38.3. The molecule has 0 aliphatic rings. The fourth-order valence-electron chi connectivity index (χ4n) is 6.74. The molecule has 0 spiro atoms. The summed E-state index contributed by atoms with van der Waals surface area (Å²) in [4.78, 5) is 37.8. The first-order chi connectivity index (χ1) is 28.5. The second kappa shape index (κ2) is 47.1. The normalized spacial score (nSPS) is 12.4. The lowest BCUT2D eigenvalue weighted by atomic mass is 10.1. The van der Waals surface area contributed by atoms with E-state index in [2.05, 4.69) is 69.4 Å². The highest BCUT2D eigenvalue weighted by Gasteiger charge is 2.19. The maximum absolute atomic E-state index is 12.7. The standard InChI is InChI=1S/C52H92O6/c1-4-7-10-13-16-19-22-24-25-26-28-30-33-36-39-42-45-51(54)57-48-49(47-56-50(53)44-41-38-35-32-29-21-18-15-12-9-6-3)58-52(55)46-43-40-37-34-31-27-23-20-17-14-11-8-5-2/h15,18-20,22-23,25-26,49H,4-14,16-17,21,24,27-48H2,1-3H3/b18-15-,22-19-,23-20-,26-25-. The number of hydrogen-bond donors (Lipinski definition) is 0. The largest absolute Gasteiger partial charge is 0.462 e. The molecule has 0 aliphatic heterocycles. The molecule has 0 saturated heterocycles. The van der Waals surface area contributed by atoms with E-state index in [1.807, 2.05) is 0 Å². The van der Waals surface area contributed by atoms with E-state index in [-0.39, 0.29) is 31.1 Å². The summed E-state index contributed by atoms with van der Waals surface area (Å²) in [5.41, 5.74) is 0. The number of carbonyl (C=O) groups is 3. The second-order valence-electron chi connectivity index (χ2n) is 16.4. The number of hydrogen-bond acceptors (Lipinski definition) is 6. The number of rotatable bonds is 44. The molecule has 0 aromatic carbocycles. The van der Waals surface area contributed by atoms with Crippen LogP contribution >= 0.6 is 0 Å². The molecule has 6 nitrogen and oxygen atoms in total. The van der Waals surface area contributed by atoms with E-state index >= 15 is 0 Å². The first kappa shape index (κ1) is 55.4. The molecule has 0 fully saturated rings. The Morgan fingerprint density at radius 3 is 1.02 bits per heavy atom. The Hall–Kier alpha value is -2.63. The third-order valence-corrected chi connectivity index (χ3v) is 10.5. The number of esters is 3. The number of allylic oxidation sites excluding steroid dienone is 8. The summed E-state index contributed by atoms with van der Waals surface area (Å²) < 4.78 is 16.7. The number of carbonyl (C=O) groups excluding carboxylic acids is 3. The lowest BCUT2D eigenvalue weighted by molar-refractivity contribution is -0.167. The van der Waals surface area contributed by atoms with Gasteiger partial charge in [-0.25, -0.2) is 0 Å². The summed E-state index contributed by atoms with van der Waals surface area (Å²) in [6.07, 6.45) is 55.1. The van der Waals surface area contributed by atoms with Crippen LogP contribution in [-0.4, -0.2) is 37.2 Å². The van der Waals surface area contributed by atoms with Gasteiger partial charge in [-0.1, -0.05) is 179 Å². The van der Waals surface area contributed by atoms with Crippen molar-refractivity contribution in [3.05, 3.63) is 48.6 Å². The van der Waals surface area contributed by atoms with Gasteiger partial charge in [0.1, 0.15) is 13.2 Å². The molecule has 0 aromatic heterocycles. The fourth-order valence-corrected chi connectivity index (χ4v) is 6.74. The highest BCUT2D eigenvalue weighted by atomic mass is 16.6. The lowest BCUT2D eigenvalue weighted by Crippen LogP contribution is -2.30. The summed E-state index contributed by atoms with van der Waals surface area (Å²) >= 11 is 0. The highest BCUT2D eigenvalue weighted by molar-refractivity contribution is 5.71. The molecule has 58 heavy (non-hydrogen) atoms. The average Bonchev–Trinajstić information content (AvgIpc) is 3.22. The van der Waals surface area contributed by atoms with Gasteiger partial charge in [0.2, 0.25) is 0 Å². The van der Waals surface area contributed by atoms with Crippen molar-refractivity contribution in [2.75, 3.05) is 13.2 Å². The van der Waals surface area contributed by atoms with E-state index in [0.717, 1.165) is 96.3 Å². The van der Waals surface area contributed by atoms with Gasteiger partial charge in [0.15, 0.2) is 6.10 Å². The van der Waals surface area contributed by atoms with Gasteiger partial charge in [0, 0.05) is 19.3 Å². The van der Waals surface area contributed by atoms with E-state index in [1.165, 1.54) is 109 Å². The van der Waals surface area contributed by atoms with Crippen molar-refractivity contribution in [1.29, 1.82) is 0 Å². The second-order valence-corrected chi connectivity index (χ2v) is 16.4. The molecule has 0 N–H and O–H groups in total. The molecule has 336 valence electrons. The average molecular weight is 813 g/mol. The van der Waals surface area contributed by atoms with Gasteiger partial charge in [-0.2, -0.15) is 0 Å². The van der Waals surface area contributed by atoms with Crippen LogP contribution in [0.5, 0.6) is 0 Å². The molecule has 0 bridgehead atoms. The van der Waals surface area contributed by atoms with Crippen molar-refractivity contribution in [1.82, 2.24) is 0 Å². The number of unbranched alkanes of at least 4 members (excludes halogenated alkanes) is 25. The van der Waals surface area contributed by atoms with E-state index in [0.29, 0.717) is 19.3 Å². The van der Waals surface area contributed by atoms with Crippen LogP contribution in [-0.2, 0) is 28.6 Å². The van der Waals surface area contributed by atoms with Gasteiger partial charge >= 0.3 is 17.9 Å². The van der Waals surface area contributed by atoms with Crippen molar-refractivity contribution in [2.24, 2.45) is 0 Å². The summed E-state index contributed by atoms with van der Waals surface area (Å²) in [5, 5.41) is 0. The molecule has 1 atom stereocenters. The Morgan fingerprint density at radius 2 is 0.638 bits per heavy atom. The third kappa shape index (κ3) is 44.5. The summed E-state index contributed by atoms with van der Waals surface area (Å²) in [6, 6.07) is 0. The SMILES string of the molecule is CCCC/C=C\CCCCCCCC(=O)OCC(COC(=O)CCCCCCC/C=C\C/C=C\CCCCCC)OC(=O)CCCCCCC/C=C\CCCCCC. The summed E-state index contributed by atoms with van der Waals surface area (Å²) in [5.74, 6) is -0.915. The van der Waals surface area contributed by atoms with Crippen LogP contribution in [0.25, 0.3) is 0 Å². The molecule has 0 heterocycles. The van der Waals surface area contributed by atoms with Crippen molar-refractivity contribution >= 4 is 17.9 Å². The van der Waals surface area contributed by atoms with Crippen molar-refractivity contribution in [3.63, 3.8) is 0 Å². The van der Waals surface area contributed by atoms with E-state index in [9.17, 15) is 14.4 Å². The van der Waals surface area contributed by atoms with Gasteiger partial charge in [-0.3, -0.25) is 14.4 Å². The van der Waals surface area contributed by atoms with Crippen LogP contribution in [0.15, 0.2) is 48.6 Å². The van der Waals surface area contributed by atoms with Crippen molar-refractivity contribution < 1.29 is 28.6 Å². The quantitative estimate of drug-likeness (QED) is 0.0264. The topological polar surface area (TPSA) is 78.9 Å². The van der Waals surface area contributed by atoms with Gasteiger partial charge in [0.05, 0.1) is 0 Å². The van der Waals surface area contributed by atoms with Crippen molar-refractivity contribution in [2.45, 2.75) is 252 Å². The minimum Gasteiger partial charge on any atom is -0.462 e. The van der Waals surface area contributed by atoms with Gasteiger partial charge in [-0.15, -0.1) is 0 Å². The van der Waals surface area contributed by atoms with Crippen LogP contribution < -0.4 is 0 Å². The Kier molecular flexibility index (Phi) is 44.9. The molecule has 0 saturated carbocycles. The van der Waals surface area contributed by atoms with E-state index in [1.54, 1.807) is 0 Å². The molecule has 0 aromatic rings. The van der Waals surface area contributed by atoms with Crippen LogP contribution in [0.3, 0.4) is 0 Å². The molecule has 1 unspecified atom stereocenters. The number of ether oxygens (including phenoxy) is 3. The molecule has 0 aliphatic carbocycles. The summed E-state index contributed by atoms with van der Waals surface area (Å²) in [7, 11) is 0.